The summed E-state index contributed by atoms with van der Waals surface area (Å²) >= 11 is 0. The number of nitrogens with zero attached hydrogens (tertiary/aromatic N) is 2. The quantitative estimate of drug-likeness (QED) is 0.454. The summed E-state index contributed by atoms with van der Waals surface area (Å²) in [6.45, 7) is 0. The molecule has 0 aliphatic carbocycles. The highest BCUT2D eigenvalue weighted by molar-refractivity contribution is 5.89. The van der Waals surface area contributed by atoms with Crippen LogP contribution in [0, 0.1) is 10.1 Å². The van der Waals surface area contributed by atoms with Gasteiger partial charge in [-0.05, 0) is 9.91 Å². The zero-order valence-corrected chi connectivity index (χ0v) is 8.32. The van der Waals surface area contributed by atoms with E-state index < -0.39 is 34.1 Å². The highest BCUT2D eigenvalue weighted by Crippen LogP contribution is 2.30. The van der Waals surface area contributed by atoms with E-state index in [1.54, 1.807) is 0 Å². The predicted octanol–water partition coefficient (Wildman–Crippen LogP) is 1.80. The van der Waals surface area contributed by atoms with Crippen molar-refractivity contribution in [2.45, 2.75) is 6.18 Å². The zero-order chi connectivity index (χ0) is 13.2. The van der Waals surface area contributed by atoms with Crippen LogP contribution < -0.4 is 0 Å². The number of ether oxygens (including phenoxy) is 1. The Hall–Kier alpha value is -2.19. The molecule has 0 saturated carbocycles. The number of aromatic nitrogens is 1. The molecule has 1 heterocycles. The predicted molar refractivity (Wildman–Crippen MR) is 47.2 cm³/mol. The van der Waals surface area contributed by atoms with Crippen LogP contribution in [-0.4, -0.2) is 23.0 Å². The molecule has 0 aliphatic rings. The summed E-state index contributed by atoms with van der Waals surface area (Å²) in [4.78, 5) is 23.1. The molecule has 0 atom stereocenters. The SMILES string of the molecule is COC(=O)c1cc([N+](=O)[O-])nc(C(F)(F)F)c1. The molecule has 0 amide bonds. The van der Waals surface area contributed by atoms with Crippen LogP contribution in [0.15, 0.2) is 12.1 Å². The molecule has 0 fully saturated rings. The lowest BCUT2D eigenvalue weighted by Gasteiger charge is -2.04. The number of alkyl halides is 3. The lowest BCUT2D eigenvalue weighted by Crippen LogP contribution is -2.12. The van der Waals surface area contributed by atoms with Crippen molar-refractivity contribution in [2.75, 3.05) is 7.11 Å². The molecule has 1 aromatic heterocycles. The monoisotopic (exact) mass is 250 g/mol. The summed E-state index contributed by atoms with van der Waals surface area (Å²) in [5.41, 5.74) is -2.10. The van der Waals surface area contributed by atoms with Gasteiger partial charge < -0.3 is 14.9 Å². The molecule has 17 heavy (non-hydrogen) atoms. The van der Waals surface area contributed by atoms with Gasteiger partial charge in [-0.25, -0.2) is 4.79 Å². The van der Waals surface area contributed by atoms with Gasteiger partial charge in [-0.15, -0.1) is 0 Å². The molecular weight excluding hydrogens is 245 g/mol. The molecule has 1 rings (SSSR count). The Morgan fingerprint density at radius 2 is 2.06 bits per heavy atom. The number of rotatable bonds is 2. The van der Waals surface area contributed by atoms with Gasteiger partial charge in [0.15, 0.2) is 0 Å². The van der Waals surface area contributed by atoms with E-state index in [4.69, 9.17) is 0 Å². The van der Waals surface area contributed by atoms with Crippen LogP contribution in [0.1, 0.15) is 16.1 Å². The van der Waals surface area contributed by atoms with E-state index >= 15 is 0 Å². The van der Waals surface area contributed by atoms with Gasteiger partial charge in [-0.2, -0.15) is 13.2 Å². The third-order valence-electron chi connectivity index (χ3n) is 1.71. The first-order valence-corrected chi connectivity index (χ1v) is 4.07. The van der Waals surface area contributed by atoms with Crippen molar-refractivity contribution in [3.05, 3.63) is 33.5 Å². The van der Waals surface area contributed by atoms with Gasteiger partial charge in [0.1, 0.15) is 0 Å². The minimum Gasteiger partial charge on any atom is -0.465 e. The molecule has 0 radical (unpaired) electrons. The minimum absolute atomic E-state index is 0.388. The van der Waals surface area contributed by atoms with E-state index in [2.05, 4.69) is 9.72 Å². The lowest BCUT2D eigenvalue weighted by molar-refractivity contribution is -0.390. The van der Waals surface area contributed by atoms with Gasteiger partial charge >= 0.3 is 18.0 Å². The first-order valence-electron chi connectivity index (χ1n) is 4.07. The molecular formula is C8H5F3N2O4. The summed E-state index contributed by atoms with van der Waals surface area (Å²) in [6, 6.07) is 1.000. The van der Waals surface area contributed by atoms with Crippen molar-refractivity contribution in [3.63, 3.8) is 0 Å². The molecule has 0 unspecified atom stereocenters. The Morgan fingerprint density at radius 1 is 1.47 bits per heavy atom. The van der Waals surface area contributed by atoms with Crippen LogP contribution in [0.5, 0.6) is 0 Å². The smallest absolute Gasteiger partial charge is 0.458 e. The Bertz CT molecular complexity index is 472. The highest BCUT2D eigenvalue weighted by Gasteiger charge is 2.39. The Labute approximate surface area is 92.2 Å². The number of nitro groups is 1. The van der Waals surface area contributed by atoms with E-state index in [0.717, 1.165) is 7.11 Å². The normalized spacial score (nSPS) is 11.1. The number of hydrogen-bond acceptors (Lipinski definition) is 5. The van der Waals surface area contributed by atoms with Crippen LogP contribution in [-0.2, 0) is 10.9 Å². The maximum Gasteiger partial charge on any atom is 0.458 e. The first-order chi connectivity index (χ1) is 7.75. The van der Waals surface area contributed by atoms with Crippen molar-refractivity contribution in [2.24, 2.45) is 0 Å². The fourth-order valence-electron chi connectivity index (χ4n) is 0.990. The number of carbonyl (C=O) groups is 1. The second kappa shape index (κ2) is 4.36. The zero-order valence-electron chi connectivity index (χ0n) is 8.32. The average molecular weight is 250 g/mol. The van der Waals surface area contributed by atoms with Gasteiger partial charge in [0.25, 0.3) is 5.69 Å². The summed E-state index contributed by atoms with van der Waals surface area (Å²) < 4.78 is 41.2. The van der Waals surface area contributed by atoms with E-state index in [1.165, 1.54) is 0 Å². The molecule has 0 bridgehead atoms. The number of halogens is 3. The fraction of sp³-hybridized carbons (Fsp3) is 0.250. The van der Waals surface area contributed by atoms with Crippen molar-refractivity contribution >= 4 is 11.8 Å². The molecule has 0 aromatic carbocycles. The third-order valence-corrected chi connectivity index (χ3v) is 1.71. The first kappa shape index (κ1) is 12.9. The van der Waals surface area contributed by atoms with E-state index in [9.17, 15) is 28.1 Å². The maximum absolute atomic E-state index is 12.3. The van der Waals surface area contributed by atoms with E-state index in [-0.39, 0.29) is 0 Å². The molecule has 6 nitrogen and oxygen atoms in total. The number of methoxy groups -OCH3 is 1. The van der Waals surface area contributed by atoms with Gasteiger partial charge in [-0.1, -0.05) is 0 Å². The van der Waals surface area contributed by atoms with E-state index in [0.29, 0.717) is 12.1 Å². The molecule has 0 spiro atoms. The van der Waals surface area contributed by atoms with Crippen LogP contribution in [0.25, 0.3) is 0 Å². The minimum atomic E-state index is -4.88. The van der Waals surface area contributed by atoms with Crippen molar-refractivity contribution in [1.29, 1.82) is 0 Å². The van der Waals surface area contributed by atoms with Crippen molar-refractivity contribution in [3.8, 4) is 0 Å². The molecule has 0 N–H and O–H groups in total. The number of pyridine rings is 1. The Kier molecular flexibility index (Phi) is 3.30. The number of hydrogen-bond donors (Lipinski definition) is 0. The highest BCUT2D eigenvalue weighted by atomic mass is 19.4. The molecule has 0 aliphatic heterocycles. The van der Waals surface area contributed by atoms with Gasteiger partial charge in [0, 0.05) is 6.07 Å². The van der Waals surface area contributed by atoms with Crippen LogP contribution in [0.4, 0.5) is 19.0 Å². The Balaban J connectivity index is 3.39. The van der Waals surface area contributed by atoms with Crippen LogP contribution in [0.2, 0.25) is 0 Å². The fourth-order valence-corrected chi connectivity index (χ4v) is 0.990. The molecule has 9 heteroatoms. The van der Waals surface area contributed by atoms with Gasteiger partial charge in [0.2, 0.25) is 0 Å². The summed E-state index contributed by atoms with van der Waals surface area (Å²) in [5.74, 6) is -2.18. The number of esters is 1. The van der Waals surface area contributed by atoms with Gasteiger partial charge in [0.05, 0.1) is 18.7 Å². The van der Waals surface area contributed by atoms with Gasteiger partial charge in [-0.3, -0.25) is 0 Å². The molecule has 0 saturated heterocycles. The van der Waals surface area contributed by atoms with Crippen molar-refractivity contribution in [1.82, 2.24) is 4.98 Å². The number of carbonyl (C=O) groups excluding carboxylic acids is 1. The largest absolute Gasteiger partial charge is 0.465 e. The average Bonchev–Trinajstić information content (AvgIpc) is 2.26. The second-order valence-corrected chi connectivity index (χ2v) is 2.85. The summed E-state index contributed by atoms with van der Waals surface area (Å²) in [7, 11) is 0.946. The third kappa shape index (κ3) is 2.89. The standard InChI is InChI=1S/C8H5F3N2O4/c1-17-7(14)4-2-5(8(9,10)11)12-6(3-4)13(15)16/h2-3H,1H3. The molecule has 1 aromatic rings. The Morgan fingerprint density at radius 3 is 2.47 bits per heavy atom. The van der Waals surface area contributed by atoms with E-state index in [1.807, 2.05) is 0 Å². The van der Waals surface area contributed by atoms with Crippen LogP contribution >= 0.6 is 0 Å². The maximum atomic E-state index is 12.3. The summed E-state index contributed by atoms with van der Waals surface area (Å²) in [6.07, 6.45) is -4.88. The topological polar surface area (TPSA) is 82.3 Å². The van der Waals surface area contributed by atoms with Crippen LogP contribution in [0.3, 0.4) is 0 Å². The summed E-state index contributed by atoms with van der Waals surface area (Å²) in [5, 5.41) is 10.4. The second-order valence-electron chi connectivity index (χ2n) is 2.85. The molecule has 92 valence electrons. The lowest BCUT2D eigenvalue weighted by atomic mass is 10.2. The van der Waals surface area contributed by atoms with Crippen molar-refractivity contribution < 1.29 is 27.6 Å².